The van der Waals surface area contributed by atoms with E-state index in [9.17, 15) is 0 Å². The first-order chi connectivity index (χ1) is 4.80. The standard InChI is InChI=1S/C4H8O.C3H5ClO/c1-2-4-5-3-1;1-2-3(4)5-2/h1-4H2;2-3H,1H3. The van der Waals surface area contributed by atoms with Crippen LogP contribution in [0.5, 0.6) is 0 Å². The van der Waals surface area contributed by atoms with Gasteiger partial charge in [0.15, 0.2) is 5.56 Å². The summed E-state index contributed by atoms with van der Waals surface area (Å²) in [6, 6.07) is 0. The molecule has 2 nitrogen and oxygen atoms in total. The summed E-state index contributed by atoms with van der Waals surface area (Å²) in [5.74, 6) is 0. The number of epoxide rings is 1. The molecule has 3 heteroatoms. The van der Waals surface area contributed by atoms with Gasteiger partial charge in [-0.25, -0.2) is 0 Å². The lowest BCUT2D eigenvalue weighted by Gasteiger charge is -1.76. The molecule has 2 heterocycles. The largest absolute Gasteiger partial charge is 0.381 e. The number of ether oxygens (including phenoxy) is 2. The fourth-order valence-corrected chi connectivity index (χ4v) is 0.832. The van der Waals surface area contributed by atoms with E-state index in [2.05, 4.69) is 4.74 Å². The lowest BCUT2D eigenvalue weighted by molar-refractivity contribution is 0.198. The highest BCUT2D eigenvalue weighted by molar-refractivity contribution is 6.21. The summed E-state index contributed by atoms with van der Waals surface area (Å²) in [5, 5.41) is 0. The van der Waals surface area contributed by atoms with Crippen LogP contribution >= 0.6 is 11.6 Å². The molecule has 2 atom stereocenters. The number of hydrogen-bond acceptors (Lipinski definition) is 2. The maximum Gasteiger partial charge on any atom is 0.157 e. The second-order valence-electron chi connectivity index (χ2n) is 2.51. The summed E-state index contributed by atoms with van der Waals surface area (Å²) in [6.07, 6.45) is 2.87. The van der Waals surface area contributed by atoms with Crippen molar-refractivity contribution >= 4 is 11.6 Å². The Bertz CT molecular complexity index is 80.0. The molecule has 2 fully saturated rings. The third kappa shape index (κ3) is 3.40. The van der Waals surface area contributed by atoms with Crippen molar-refractivity contribution in [2.75, 3.05) is 13.2 Å². The van der Waals surface area contributed by atoms with Crippen molar-refractivity contribution in [1.29, 1.82) is 0 Å². The average Bonchev–Trinajstić information content (AvgIpc) is 2.40. The Labute approximate surface area is 66.5 Å². The molecule has 0 aliphatic carbocycles. The molecule has 2 saturated heterocycles. The van der Waals surface area contributed by atoms with Crippen molar-refractivity contribution in [2.24, 2.45) is 0 Å². The number of rotatable bonds is 0. The Balaban J connectivity index is 0.0000001000. The Morgan fingerprint density at radius 3 is 1.80 bits per heavy atom. The SMILES string of the molecule is C1CCOC1.CC1OC1Cl. The third-order valence-corrected chi connectivity index (χ3v) is 1.92. The molecular weight excluding hydrogens is 152 g/mol. The predicted molar refractivity (Wildman–Crippen MR) is 40.2 cm³/mol. The van der Waals surface area contributed by atoms with Gasteiger partial charge in [0, 0.05) is 13.2 Å². The Kier molecular flexibility index (Phi) is 3.46. The summed E-state index contributed by atoms with van der Waals surface area (Å²) >= 11 is 5.31. The molecule has 0 amide bonds. The molecule has 2 rings (SSSR count). The first kappa shape index (κ1) is 8.31. The topological polar surface area (TPSA) is 21.8 Å². The van der Waals surface area contributed by atoms with Crippen molar-refractivity contribution in [3.05, 3.63) is 0 Å². The van der Waals surface area contributed by atoms with Crippen molar-refractivity contribution < 1.29 is 9.47 Å². The van der Waals surface area contributed by atoms with Crippen molar-refractivity contribution in [3.63, 3.8) is 0 Å². The maximum atomic E-state index is 5.31. The molecule has 0 aromatic carbocycles. The third-order valence-electron chi connectivity index (χ3n) is 1.46. The van der Waals surface area contributed by atoms with Crippen LogP contribution in [0.4, 0.5) is 0 Å². The smallest absolute Gasteiger partial charge is 0.157 e. The Hall–Kier alpha value is 0.210. The van der Waals surface area contributed by atoms with Crippen LogP contribution in [0.25, 0.3) is 0 Å². The van der Waals surface area contributed by atoms with Crippen LogP contribution < -0.4 is 0 Å². The van der Waals surface area contributed by atoms with Crippen molar-refractivity contribution in [1.82, 2.24) is 0 Å². The van der Waals surface area contributed by atoms with Gasteiger partial charge in [-0.1, -0.05) is 11.6 Å². The van der Waals surface area contributed by atoms with Crippen LogP contribution in [-0.4, -0.2) is 24.9 Å². The number of alkyl halides is 1. The summed E-state index contributed by atoms with van der Waals surface area (Å²) in [6.45, 7) is 3.94. The van der Waals surface area contributed by atoms with Crippen LogP contribution in [0, 0.1) is 0 Å². The first-order valence-corrected chi connectivity index (χ1v) is 4.11. The van der Waals surface area contributed by atoms with Gasteiger partial charge in [-0.3, -0.25) is 0 Å². The molecule has 0 aromatic rings. The minimum Gasteiger partial charge on any atom is -0.381 e. The van der Waals surface area contributed by atoms with Crippen LogP contribution in [0.15, 0.2) is 0 Å². The summed E-state index contributed by atoms with van der Waals surface area (Å²) < 4.78 is 9.63. The fourth-order valence-electron chi connectivity index (χ4n) is 0.670. The van der Waals surface area contributed by atoms with Gasteiger partial charge in [-0.15, -0.1) is 0 Å². The lowest BCUT2D eigenvalue weighted by Crippen LogP contribution is -1.74. The van der Waals surface area contributed by atoms with Crippen LogP contribution in [0.2, 0.25) is 0 Å². The minimum absolute atomic E-state index is 0.0231. The molecule has 10 heavy (non-hydrogen) atoms. The molecule has 0 N–H and O–H groups in total. The minimum atomic E-state index is 0.0231. The highest BCUT2D eigenvalue weighted by Crippen LogP contribution is 2.23. The van der Waals surface area contributed by atoms with E-state index in [1.807, 2.05) is 6.92 Å². The maximum absolute atomic E-state index is 5.31. The molecule has 0 spiro atoms. The van der Waals surface area contributed by atoms with Crippen LogP contribution in [0.1, 0.15) is 19.8 Å². The zero-order valence-electron chi connectivity index (χ0n) is 6.18. The van der Waals surface area contributed by atoms with E-state index in [1.165, 1.54) is 12.8 Å². The second kappa shape index (κ2) is 4.16. The molecule has 0 saturated carbocycles. The molecule has 0 radical (unpaired) electrons. The van der Waals surface area contributed by atoms with Crippen molar-refractivity contribution in [2.45, 2.75) is 31.4 Å². The van der Waals surface area contributed by atoms with Gasteiger partial charge in [0.1, 0.15) is 0 Å². The van der Waals surface area contributed by atoms with Gasteiger partial charge < -0.3 is 9.47 Å². The van der Waals surface area contributed by atoms with E-state index >= 15 is 0 Å². The van der Waals surface area contributed by atoms with Crippen LogP contribution in [-0.2, 0) is 9.47 Å². The zero-order valence-corrected chi connectivity index (χ0v) is 6.93. The Morgan fingerprint density at radius 1 is 1.30 bits per heavy atom. The van der Waals surface area contributed by atoms with Crippen molar-refractivity contribution in [3.8, 4) is 0 Å². The first-order valence-electron chi connectivity index (χ1n) is 3.68. The van der Waals surface area contributed by atoms with Gasteiger partial charge >= 0.3 is 0 Å². The predicted octanol–water partition coefficient (Wildman–Crippen LogP) is 1.77. The second-order valence-corrected chi connectivity index (χ2v) is 2.94. The molecule has 2 aliphatic heterocycles. The number of hydrogen-bond donors (Lipinski definition) is 0. The van der Waals surface area contributed by atoms with E-state index in [-0.39, 0.29) is 5.56 Å². The van der Waals surface area contributed by atoms with E-state index in [0.717, 1.165) is 13.2 Å². The van der Waals surface area contributed by atoms with E-state index in [1.54, 1.807) is 0 Å². The monoisotopic (exact) mass is 164 g/mol. The normalized spacial score (nSPS) is 36.6. The van der Waals surface area contributed by atoms with E-state index < -0.39 is 0 Å². The fraction of sp³-hybridized carbons (Fsp3) is 1.00. The molecule has 2 unspecified atom stereocenters. The van der Waals surface area contributed by atoms with Gasteiger partial charge in [0.25, 0.3) is 0 Å². The highest BCUT2D eigenvalue weighted by Gasteiger charge is 2.30. The van der Waals surface area contributed by atoms with Gasteiger partial charge in [-0.05, 0) is 19.8 Å². The highest BCUT2D eigenvalue weighted by atomic mass is 35.5. The summed E-state index contributed by atoms with van der Waals surface area (Å²) in [5.41, 5.74) is 0.0231. The van der Waals surface area contributed by atoms with E-state index in [4.69, 9.17) is 16.3 Å². The molecule has 0 bridgehead atoms. The molecular formula is C7H13ClO2. The number of halogens is 1. The Morgan fingerprint density at radius 2 is 1.70 bits per heavy atom. The molecule has 60 valence electrons. The van der Waals surface area contributed by atoms with Crippen LogP contribution in [0.3, 0.4) is 0 Å². The summed E-state index contributed by atoms with van der Waals surface area (Å²) in [7, 11) is 0. The quantitative estimate of drug-likeness (QED) is 0.402. The molecule has 0 aromatic heterocycles. The van der Waals surface area contributed by atoms with Gasteiger partial charge in [0.05, 0.1) is 6.10 Å². The van der Waals surface area contributed by atoms with Gasteiger partial charge in [-0.2, -0.15) is 0 Å². The average molecular weight is 165 g/mol. The summed E-state index contributed by atoms with van der Waals surface area (Å²) in [4.78, 5) is 0. The molecule has 2 aliphatic rings. The zero-order chi connectivity index (χ0) is 7.40. The van der Waals surface area contributed by atoms with E-state index in [0.29, 0.717) is 6.10 Å². The van der Waals surface area contributed by atoms with Gasteiger partial charge in [0.2, 0.25) is 0 Å². The lowest BCUT2D eigenvalue weighted by atomic mass is 10.4.